The molecule has 0 spiro atoms. The Bertz CT molecular complexity index is 584. The molecule has 0 N–H and O–H groups in total. The number of thioether (sulfide) groups is 2. The molecule has 0 radical (unpaired) electrons. The molecule has 4 aliphatic rings. The summed E-state index contributed by atoms with van der Waals surface area (Å²) in [5.41, 5.74) is 3.17. The van der Waals surface area contributed by atoms with Crippen molar-refractivity contribution in [3.8, 4) is 0 Å². The minimum absolute atomic E-state index is 0.839. The quantitative estimate of drug-likeness (QED) is 0.441. The van der Waals surface area contributed by atoms with Gasteiger partial charge in [-0.05, 0) is 52.1 Å². The highest BCUT2D eigenvalue weighted by Gasteiger charge is 2.60. The molecule has 4 heteroatoms. The summed E-state index contributed by atoms with van der Waals surface area (Å²) in [6.45, 7) is 18.1. The van der Waals surface area contributed by atoms with Crippen LogP contribution in [0.15, 0.2) is 22.0 Å². The Morgan fingerprint density at radius 1 is 0.800 bits per heavy atom. The summed E-state index contributed by atoms with van der Waals surface area (Å²) in [5.74, 6) is 1.68. The molecule has 0 aromatic rings. The molecule has 2 fully saturated rings. The number of rotatable bonds is 3. The zero-order chi connectivity index (χ0) is 18.1. The van der Waals surface area contributed by atoms with Gasteiger partial charge in [0.2, 0.25) is 0 Å². The zero-order valence-electron chi connectivity index (χ0n) is 17.1. The fourth-order valence-corrected chi connectivity index (χ4v) is 18.6. The predicted octanol–water partition coefficient (Wildman–Crippen LogP) is 7.61. The molecule has 25 heavy (non-hydrogen) atoms. The lowest BCUT2D eigenvalue weighted by Gasteiger charge is -2.42. The molecular weight excluding hydrogens is 373 g/mol. The van der Waals surface area contributed by atoms with Gasteiger partial charge >= 0.3 is 0 Å². The third-order valence-corrected chi connectivity index (χ3v) is 19.3. The van der Waals surface area contributed by atoms with Crippen molar-refractivity contribution in [3.05, 3.63) is 22.0 Å². The Balaban J connectivity index is 1.60. The van der Waals surface area contributed by atoms with Crippen molar-refractivity contribution in [1.29, 1.82) is 0 Å². The number of allylic oxidation sites excluding steroid dienone is 4. The van der Waals surface area contributed by atoms with Gasteiger partial charge in [-0.3, -0.25) is 0 Å². The molecule has 2 aliphatic carbocycles. The first kappa shape index (κ1) is 19.0. The Morgan fingerprint density at radius 2 is 1.28 bits per heavy atom. The van der Waals surface area contributed by atoms with E-state index in [2.05, 4.69) is 82.3 Å². The first-order valence-electron chi connectivity index (χ1n) is 10.3. The molecule has 2 saturated carbocycles. The highest BCUT2D eigenvalue weighted by atomic mass is 32.2. The lowest BCUT2D eigenvalue weighted by Crippen LogP contribution is -2.44. The van der Waals surface area contributed by atoms with E-state index in [4.69, 9.17) is 0 Å². The van der Waals surface area contributed by atoms with Gasteiger partial charge in [0.15, 0.2) is 0 Å². The zero-order valence-corrected chi connectivity index (χ0v) is 20.8. The van der Waals surface area contributed by atoms with Gasteiger partial charge in [0, 0.05) is 18.6 Å². The largest absolute Gasteiger partial charge is 0.127 e. The molecule has 4 rings (SSSR count). The van der Waals surface area contributed by atoms with Crippen molar-refractivity contribution in [2.24, 2.45) is 11.8 Å². The van der Waals surface area contributed by atoms with E-state index in [1.807, 2.05) is 0 Å². The highest BCUT2D eigenvalue weighted by molar-refractivity contribution is 8.05. The minimum Gasteiger partial charge on any atom is -0.127 e. The van der Waals surface area contributed by atoms with E-state index in [0.717, 1.165) is 39.0 Å². The highest BCUT2D eigenvalue weighted by Crippen LogP contribution is 2.67. The van der Waals surface area contributed by atoms with Crippen LogP contribution in [-0.4, -0.2) is 26.6 Å². The molecule has 0 aromatic carbocycles. The molecular formula is C21H36S2Si2. The van der Waals surface area contributed by atoms with Crippen LogP contribution < -0.4 is 0 Å². The van der Waals surface area contributed by atoms with Crippen LogP contribution in [0.3, 0.4) is 0 Å². The van der Waals surface area contributed by atoms with E-state index < -0.39 is 16.1 Å². The SMILES string of the molecule is CC1=C[C@@H]2C(S1)C([Si](C)(C)C1CC[C@@H]([Si](C)(C)C)C1)C1SC(C)=C[C@@H]12. The van der Waals surface area contributed by atoms with Crippen LogP contribution in [0, 0.1) is 11.8 Å². The molecule has 2 aliphatic heterocycles. The normalized spacial score (nSPS) is 43.9. The van der Waals surface area contributed by atoms with Crippen molar-refractivity contribution in [2.45, 2.75) is 93.0 Å². The lowest BCUT2D eigenvalue weighted by molar-refractivity contribution is 0.581. The second-order valence-electron chi connectivity index (χ2n) is 10.8. The van der Waals surface area contributed by atoms with Gasteiger partial charge in [-0.2, -0.15) is 0 Å². The maximum atomic E-state index is 2.79. The smallest absolute Gasteiger partial charge is 0.0560 e. The fraction of sp³-hybridized carbons (Fsp3) is 0.810. The maximum Gasteiger partial charge on any atom is 0.0560 e. The molecule has 0 aromatic heterocycles. The number of hydrogen-bond donors (Lipinski definition) is 0. The van der Waals surface area contributed by atoms with E-state index in [9.17, 15) is 0 Å². The molecule has 4 unspecified atom stereocenters. The van der Waals surface area contributed by atoms with E-state index in [1.54, 1.807) is 29.1 Å². The molecule has 0 amide bonds. The average Bonchev–Trinajstić information content (AvgIpc) is 3.18. The van der Waals surface area contributed by atoms with Crippen molar-refractivity contribution in [1.82, 2.24) is 0 Å². The second kappa shape index (κ2) is 6.32. The maximum absolute atomic E-state index is 2.79. The Kier molecular flexibility index (Phi) is 4.79. The minimum atomic E-state index is -1.27. The summed E-state index contributed by atoms with van der Waals surface area (Å²) in [7, 11) is -2.24. The van der Waals surface area contributed by atoms with Crippen LogP contribution in [0.2, 0.25) is 49.4 Å². The molecule has 0 bridgehead atoms. The van der Waals surface area contributed by atoms with E-state index >= 15 is 0 Å². The van der Waals surface area contributed by atoms with E-state index in [1.165, 1.54) is 0 Å². The van der Waals surface area contributed by atoms with E-state index in [0.29, 0.717) is 0 Å². The summed E-state index contributed by atoms with van der Waals surface area (Å²) in [5, 5.41) is 1.80. The number of fused-ring (bicyclic) bond motifs is 3. The predicted molar refractivity (Wildman–Crippen MR) is 123 cm³/mol. The first-order valence-corrected chi connectivity index (χ1v) is 18.8. The van der Waals surface area contributed by atoms with Crippen LogP contribution in [-0.2, 0) is 0 Å². The molecule has 140 valence electrons. The fourth-order valence-electron chi connectivity index (χ4n) is 6.43. The first-order chi connectivity index (χ1) is 11.6. The Hall–Kier alpha value is 0.614. The summed E-state index contributed by atoms with van der Waals surface area (Å²) in [6.07, 6.45) is 9.96. The van der Waals surface area contributed by atoms with Crippen LogP contribution in [0.4, 0.5) is 0 Å². The van der Waals surface area contributed by atoms with Gasteiger partial charge in [-0.25, -0.2) is 0 Å². The lowest BCUT2D eigenvalue weighted by atomic mass is 9.95. The van der Waals surface area contributed by atoms with Gasteiger partial charge in [-0.15, -0.1) is 23.5 Å². The average molecular weight is 409 g/mol. The molecule has 0 saturated heterocycles. The van der Waals surface area contributed by atoms with Crippen molar-refractivity contribution in [3.63, 3.8) is 0 Å². The van der Waals surface area contributed by atoms with E-state index in [-0.39, 0.29) is 0 Å². The number of hydrogen-bond acceptors (Lipinski definition) is 2. The van der Waals surface area contributed by atoms with Crippen molar-refractivity contribution < 1.29 is 0 Å². The van der Waals surface area contributed by atoms with Gasteiger partial charge in [0.05, 0.1) is 8.07 Å². The Morgan fingerprint density at radius 3 is 1.72 bits per heavy atom. The van der Waals surface area contributed by atoms with Gasteiger partial charge in [0.25, 0.3) is 0 Å². The van der Waals surface area contributed by atoms with Crippen molar-refractivity contribution >= 4 is 39.7 Å². The van der Waals surface area contributed by atoms with Gasteiger partial charge in [-0.1, -0.05) is 64.1 Å². The summed E-state index contributed by atoms with van der Waals surface area (Å²) in [4.78, 5) is 3.22. The summed E-state index contributed by atoms with van der Waals surface area (Å²) in [6, 6.07) is 0. The topological polar surface area (TPSA) is 0 Å². The van der Waals surface area contributed by atoms with Gasteiger partial charge < -0.3 is 0 Å². The van der Waals surface area contributed by atoms with Crippen molar-refractivity contribution in [2.75, 3.05) is 0 Å². The molecule has 0 nitrogen and oxygen atoms in total. The molecule has 2 heterocycles. The third kappa shape index (κ3) is 3.11. The molecule has 7 atom stereocenters. The standard InChI is InChI=1S/C21H36S2Si2/c1-13-10-17-18-11-14(2)23-20(18)21(19(17)22-13)25(6,7)16-9-8-15(12-16)24(3,4)5/h10-11,15-21H,8-9,12H2,1-7H3/t15-,16?,17-,18+,19?,20?,21?/m1/s1. The van der Waals surface area contributed by atoms with Crippen LogP contribution in [0.5, 0.6) is 0 Å². The summed E-state index contributed by atoms with van der Waals surface area (Å²) < 4.78 is 0. The Labute approximate surface area is 166 Å². The van der Waals surface area contributed by atoms with Gasteiger partial charge in [0.1, 0.15) is 0 Å². The van der Waals surface area contributed by atoms with Crippen LogP contribution in [0.1, 0.15) is 33.1 Å². The second-order valence-corrected chi connectivity index (χ2v) is 24.3. The van der Waals surface area contributed by atoms with Crippen LogP contribution >= 0.6 is 23.5 Å². The third-order valence-electron chi connectivity index (χ3n) is 7.98. The summed E-state index contributed by atoms with van der Waals surface area (Å²) >= 11 is 4.51. The monoisotopic (exact) mass is 408 g/mol. The van der Waals surface area contributed by atoms with Crippen LogP contribution in [0.25, 0.3) is 0 Å².